The standard InChI is InChI=1S/C17H25BrN2O/c1-12(19)15-6-5-14(10-16(15)18)20-9-8-17(21)7-3-2-4-13(17)11-20/h5-6,10,12-13,21H,2-4,7-9,11,19H2,1H3. The Labute approximate surface area is 135 Å². The maximum Gasteiger partial charge on any atom is 0.0709 e. The van der Waals surface area contributed by atoms with Crippen LogP contribution in [0.4, 0.5) is 5.69 Å². The molecule has 1 heterocycles. The first kappa shape index (κ1) is 15.3. The van der Waals surface area contributed by atoms with E-state index in [1.165, 1.54) is 18.5 Å². The van der Waals surface area contributed by atoms with Gasteiger partial charge in [0.15, 0.2) is 0 Å². The number of nitrogens with zero attached hydrogens (tertiary/aromatic N) is 1. The van der Waals surface area contributed by atoms with E-state index in [2.05, 4.69) is 39.0 Å². The third-order valence-corrected chi connectivity index (χ3v) is 5.95. The molecule has 1 aliphatic carbocycles. The highest BCUT2D eigenvalue weighted by atomic mass is 79.9. The van der Waals surface area contributed by atoms with Crippen molar-refractivity contribution < 1.29 is 5.11 Å². The Hall–Kier alpha value is -0.580. The summed E-state index contributed by atoms with van der Waals surface area (Å²) in [4.78, 5) is 2.42. The summed E-state index contributed by atoms with van der Waals surface area (Å²) in [5.41, 5.74) is 7.94. The molecule has 3 rings (SSSR count). The number of aliphatic hydroxyl groups is 1. The molecule has 0 aromatic heterocycles. The van der Waals surface area contributed by atoms with Gasteiger partial charge in [-0.05, 0) is 43.9 Å². The van der Waals surface area contributed by atoms with Gasteiger partial charge in [0.25, 0.3) is 0 Å². The molecule has 3 atom stereocenters. The van der Waals surface area contributed by atoms with E-state index in [-0.39, 0.29) is 6.04 Å². The van der Waals surface area contributed by atoms with E-state index in [4.69, 9.17) is 5.73 Å². The lowest BCUT2D eigenvalue weighted by atomic mass is 9.71. The molecule has 0 amide bonds. The van der Waals surface area contributed by atoms with Crippen molar-refractivity contribution >= 4 is 21.6 Å². The Balaban J connectivity index is 1.78. The predicted molar refractivity (Wildman–Crippen MR) is 90.5 cm³/mol. The number of nitrogens with two attached hydrogens (primary N) is 1. The fourth-order valence-electron chi connectivity index (χ4n) is 3.89. The Kier molecular flexibility index (Phi) is 4.30. The summed E-state index contributed by atoms with van der Waals surface area (Å²) >= 11 is 3.64. The largest absolute Gasteiger partial charge is 0.389 e. The third-order valence-electron chi connectivity index (χ3n) is 5.27. The quantitative estimate of drug-likeness (QED) is 0.854. The SMILES string of the molecule is CC(N)c1ccc(N2CCC3(O)CCCCC3C2)cc1Br. The third kappa shape index (κ3) is 2.99. The highest BCUT2D eigenvalue weighted by molar-refractivity contribution is 9.10. The van der Waals surface area contributed by atoms with Gasteiger partial charge in [-0.25, -0.2) is 0 Å². The van der Waals surface area contributed by atoms with E-state index in [1.807, 2.05) is 6.92 Å². The molecule has 3 N–H and O–H groups in total. The van der Waals surface area contributed by atoms with Crippen molar-refractivity contribution in [2.75, 3.05) is 18.0 Å². The molecule has 1 aliphatic heterocycles. The first-order valence-electron chi connectivity index (χ1n) is 8.02. The number of benzene rings is 1. The zero-order chi connectivity index (χ0) is 15.0. The van der Waals surface area contributed by atoms with Gasteiger partial charge >= 0.3 is 0 Å². The second-order valence-electron chi connectivity index (χ2n) is 6.74. The number of piperidine rings is 1. The van der Waals surface area contributed by atoms with Crippen LogP contribution in [0.1, 0.15) is 50.6 Å². The van der Waals surface area contributed by atoms with Crippen molar-refractivity contribution in [2.24, 2.45) is 11.7 Å². The first-order chi connectivity index (χ1) is 9.99. The zero-order valence-corrected chi connectivity index (χ0v) is 14.3. The van der Waals surface area contributed by atoms with Gasteiger partial charge in [0, 0.05) is 35.2 Å². The summed E-state index contributed by atoms with van der Waals surface area (Å²) in [5, 5.41) is 10.8. The number of anilines is 1. The molecule has 1 saturated carbocycles. The van der Waals surface area contributed by atoms with Crippen molar-refractivity contribution in [3.8, 4) is 0 Å². The van der Waals surface area contributed by atoms with Gasteiger partial charge in [0.05, 0.1) is 5.60 Å². The summed E-state index contributed by atoms with van der Waals surface area (Å²) in [5.74, 6) is 0.423. The van der Waals surface area contributed by atoms with Crippen LogP contribution in [0.5, 0.6) is 0 Å². The van der Waals surface area contributed by atoms with Gasteiger partial charge in [0.2, 0.25) is 0 Å². The van der Waals surface area contributed by atoms with Gasteiger partial charge in [-0.3, -0.25) is 0 Å². The van der Waals surface area contributed by atoms with E-state index in [0.29, 0.717) is 5.92 Å². The zero-order valence-electron chi connectivity index (χ0n) is 12.7. The number of hydrogen-bond donors (Lipinski definition) is 2. The summed E-state index contributed by atoms with van der Waals surface area (Å²) in [6.45, 7) is 3.92. The minimum atomic E-state index is -0.405. The predicted octanol–water partition coefficient (Wildman–Crippen LogP) is 3.60. The molecule has 116 valence electrons. The number of rotatable bonds is 2. The number of halogens is 1. The fraction of sp³-hybridized carbons (Fsp3) is 0.647. The molecular formula is C17H25BrN2O. The Morgan fingerprint density at radius 3 is 2.90 bits per heavy atom. The lowest BCUT2D eigenvalue weighted by Gasteiger charge is -2.48. The lowest BCUT2D eigenvalue weighted by Crippen LogP contribution is -2.53. The van der Waals surface area contributed by atoms with Crippen LogP contribution in [0.3, 0.4) is 0 Å². The summed E-state index contributed by atoms with van der Waals surface area (Å²) in [6, 6.07) is 6.49. The van der Waals surface area contributed by atoms with Crippen molar-refractivity contribution in [1.82, 2.24) is 0 Å². The van der Waals surface area contributed by atoms with Crippen LogP contribution in [0, 0.1) is 5.92 Å². The van der Waals surface area contributed by atoms with Crippen LogP contribution in [0.25, 0.3) is 0 Å². The molecule has 1 aromatic carbocycles. The maximum atomic E-state index is 10.8. The minimum absolute atomic E-state index is 0.0400. The summed E-state index contributed by atoms with van der Waals surface area (Å²) in [6.07, 6.45) is 5.48. The smallest absolute Gasteiger partial charge is 0.0709 e. The average molecular weight is 353 g/mol. The van der Waals surface area contributed by atoms with Crippen LogP contribution in [0.15, 0.2) is 22.7 Å². The van der Waals surface area contributed by atoms with E-state index >= 15 is 0 Å². The lowest BCUT2D eigenvalue weighted by molar-refractivity contribution is -0.0612. The topological polar surface area (TPSA) is 49.5 Å². The summed E-state index contributed by atoms with van der Waals surface area (Å²) in [7, 11) is 0. The van der Waals surface area contributed by atoms with Gasteiger partial charge in [-0.15, -0.1) is 0 Å². The van der Waals surface area contributed by atoms with Crippen molar-refractivity contribution in [3.63, 3.8) is 0 Å². The van der Waals surface area contributed by atoms with Crippen LogP contribution >= 0.6 is 15.9 Å². The van der Waals surface area contributed by atoms with E-state index < -0.39 is 5.60 Å². The minimum Gasteiger partial charge on any atom is -0.389 e. The molecule has 0 radical (unpaired) electrons. The molecule has 3 unspecified atom stereocenters. The molecule has 1 saturated heterocycles. The fourth-order valence-corrected chi connectivity index (χ4v) is 4.62. The Bertz CT molecular complexity index is 520. The monoisotopic (exact) mass is 352 g/mol. The molecule has 2 aliphatic rings. The van der Waals surface area contributed by atoms with Gasteiger partial charge < -0.3 is 15.7 Å². The normalized spacial score (nSPS) is 30.9. The summed E-state index contributed by atoms with van der Waals surface area (Å²) < 4.78 is 1.08. The molecule has 0 bridgehead atoms. The van der Waals surface area contributed by atoms with Crippen molar-refractivity contribution in [3.05, 3.63) is 28.2 Å². The molecule has 21 heavy (non-hydrogen) atoms. The van der Waals surface area contributed by atoms with Crippen LogP contribution in [0.2, 0.25) is 0 Å². The van der Waals surface area contributed by atoms with Crippen molar-refractivity contribution in [1.29, 1.82) is 0 Å². The molecular weight excluding hydrogens is 328 g/mol. The second kappa shape index (κ2) is 5.90. The van der Waals surface area contributed by atoms with Crippen LogP contribution in [-0.4, -0.2) is 23.8 Å². The Morgan fingerprint density at radius 1 is 1.38 bits per heavy atom. The highest BCUT2D eigenvalue weighted by Crippen LogP contribution is 2.41. The highest BCUT2D eigenvalue weighted by Gasteiger charge is 2.42. The van der Waals surface area contributed by atoms with Gasteiger partial charge in [0.1, 0.15) is 0 Å². The molecule has 2 fully saturated rings. The average Bonchev–Trinajstić information content (AvgIpc) is 2.45. The molecule has 1 aromatic rings. The van der Waals surface area contributed by atoms with E-state index in [1.54, 1.807) is 0 Å². The van der Waals surface area contributed by atoms with Crippen LogP contribution < -0.4 is 10.6 Å². The van der Waals surface area contributed by atoms with Crippen molar-refractivity contribution in [2.45, 2.75) is 50.7 Å². The number of hydrogen-bond acceptors (Lipinski definition) is 3. The molecule has 0 spiro atoms. The van der Waals surface area contributed by atoms with Gasteiger partial charge in [-0.1, -0.05) is 34.8 Å². The second-order valence-corrected chi connectivity index (χ2v) is 7.59. The number of fused-ring (bicyclic) bond motifs is 1. The molecule has 3 nitrogen and oxygen atoms in total. The molecule has 4 heteroatoms. The van der Waals surface area contributed by atoms with Crippen LogP contribution in [-0.2, 0) is 0 Å². The van der Waals surface area contributed by atoms with E-state index in [0.717, 1.165) is 42.4 Å². The maximum absolute atomic E-state index is 10.8. The van der Waals surface area contributed by atoms with Gasteiger partial charge in [-0.2, -0.15) is 0 Å². The van der Waals surface area contributed by atoms with E-state index in [9.17, 15) is 5.11 Å². The Morgan fingerprint density at radius 2 is 2.19 bits per heavy atom. The first-order valence-corrected chi connectivity index (χ1v) is 8.81.